The molecule has 0 saturated heterocycles. The van der Waals surface area contributed by atoms with Gasteiger partial charge in [-0.15, -0.1) is 0 Å². The fourth-order valence-corrected chi connectivity index (χ4v) is 2.70. The van der Waals surface area contributed by atoms with Gasteiger partial charge in [0.1, 0.15) is 5.56 Å². The second kappa shape index (κ2) is 5.76. The largest absolute Gasteiger partial charge is 0.394 e. The lowest BCUT2D eigenvalue weighted by Gasteiger charge is -2.27. The van der Waals surface area contributed by atoms with Gasteiger partial charge in [-0.2, -0.15) is 0 Å². The molecule has 20 heavy (non-hydrogen) atoms. The highest BCUT2D eigenvalue weighted by Gasteiger charge is 2.36. The van der Waals surface area contributed by atoms with Crippen molar-refractivity contribution in [1.29, 1.82) is 0 Å². The van der Waals surface area contributed by atoms with Gasteiger partial charge in [-0.3, -0.25) is 14.9 Å². The summed E-state index contributed by atoms with van der Waals surface area (Å²) in [5, 5.41) is 23.4. The summed E-state index contributed by atoms with van der Waals surface area (Å²) in [5.74, 6) is -0.574. The van der Waals surface area contributed by atoms with E-state index in [2.05, 4.69) is 5.32 Å². The van der Waals surface area contributed by atoms with E-state index in [0.29, 0.717) is 12.8 Å². The van der Waals surface area contributed by atoms with Crippen molar-refractivity contribution in [3.05, 3.63) is 38.9 Å². The first-order valence-corrected chi connectivity index (χ1v) is 6.72. The van der Waals surface area contributed by atoms with Crippen LogP contribution in [0.1, 0.15) is 36.0 Å². The van der Waals surface area contributed by atoms with E-state index in [0.717, 1.165) is 12.8 Å². The molecule has 0 aromatic heterocycles. The summed E-state index contributed by atoms with van der Waals surface area (Å²) in [7, 11) is 0. The predicted molar refractivity (Wildman–Crippen MR) is 73.9 cm³/mol. The normalized spacial score (nSPS) is 16.9. The molecule has 108 valence electrons. The van der Waals surface area contributed by atoms with Crippen LogP contribution >= 0.6 is 11.6 Å². The van der Waals surface area contributed by atoms with Crippen molar-refractivity contribution in [2.75, 3.05) is 6.61 Å². The quantitative estimate of drug-likeness (QED) is 0.659. The number of halogens is 1. The third-order valence-corrected chi connectivity index (χ3v) is 3.88. The number of aliphatic hydroxyl groups excluding tert-OH is 1. The Balaban J connectivity index is 2.29. The molecular formula is C13H15ClN2O4. The topological polar surface area (TPSA) is 92.5 Å². The number of nitrogens with one attached hydrogen (secondary N) is 1. The highest BCUT2D eigenvalue weighted by Crippen LogP contribution is 2.30. The Bertz CT molecular complexity index is 541. The maximum atomic E-state index is 12.3. The van der Waals surface area contributed by atoms with Gasteiger partial charge in [-0.25, -0.2) is 0 Å². The second-order valence-electron chi connectivity index (χ2n) is 5.02. The molecule has 0 heterocycles. The molecule has 0 bridgehead atoms. The van der Waals surface area contributed by atoms with Crippen LogP contribution < -0.4 is 5.32 Å². The number of hydrogen-bond donors (Lipinski definition) is 2. The number of benzene rings is 1. The zero-order chi connectivity index (χ0) is 14.8. The lowest BCUT2D eigenvalue weighted by atomic mass is 9.98. The van der Waals surface area contributed by atoms with Crippen LogP contribution in [0.15, 0.2) is 18.2 Å². The molecule has 1 aromatic rings. The molecule has 1 saturated carbocycles. The number of nitro groups is 1. The Kier molecular flexibility index (Phi) is 4.25. The van der Waals surface area contributed by atoms with Crippen LogP contribution in [0.5, 0.6) is 0 Å². The van der Waals surface area contributed by atoms with Crippen LogP contribution in [0, 0.1) is 10.1 Å². The summed E-state index contributed by atoms with van der Waals surface area (Å²) in [4.78, 5) is 22.6. The third kappa shape index (κ3) is 2.91. The van der Waals surface area contributed by atoms with E-state index >= 15 is 0 Å². The first-order chi connectivity index (χ1) is 9.47. The Morgan fingerprint density at radius 2 is 2.10 bits per heavy atom. The van der Waals surface area contributed by atoms with Gasteiger partial charge < -0.3 is 10.4 Å². The van der Waals surface area contributed by atoms with Crippen molar-refractivity contribution in [1.82, 2.24) is 5.32 Å². The standard InChI is InChI=1S/C13H15ClN2O4/c14-9-3-4-11(16(19)20)10(7-9)12(18)15-13(8-17)5-1-2-6-13/h3-4,7,17H,1-2,5-6,8H2,(H,15,18). The highest BCUT2D eigenvalue weighted by molar-refractivity contribution is 6.31. The van der Waals surface area contributed by atoms with E-state index in [4.69, 9.17) is 11.6 Å². The molecule has 2 rings (SSSR count). The fraction of sp³-hybridized carbons (Fsp3) is 0.462. The van der Waals surface area contributed by atoms with Gasteiger partial charge in [0.25, 0.3) is 11.6 Å². The molecule has 1 fully saturated rings. The Hall–Kier alpha value is -1.66. The molecule has 6 nitrogen and oxygen atoms in total. The summed E-state index contributed by atoms with van der Waals surface area (Å²) in [6, 6.07) is 3.85. The number of aliphatic hydroxyl groups is 1. The summed E-state index contributed by atoms with van der Waals surface area (Å²) in [6.45, 7) is -0.174. The lowest BCUT2D eigenvalue weighted by molar-refractivity contribution is -0.385. The molecule has 0 spiro atoms. The lowest BCUT2D eigenvalue weighted by Crippen LogP contribution is -2.49. The maximum Gasteiger partial charge on any atom is 0.282 e. The van der Waals surface area contributed by atoms with Crippen LogP contribution in [-0.4, -0.2) is 28.1 Å². The number of rotatable bonds is 4. The van der Waals surface area contributed by atoms with Crippen molar-refractivity contribution in [3.8, 4) is 0 Å². The Morgan fingerprint density at radius 3 is 2.65 bits per heavy atom. The number of carbonyl (C=O) groups excluding carboxylic acids is 1. The number of hydrogen-bond acceptors (Lipinski definition) is 4. The monoisotopic (exact) mass is 298 g/mol. The van der Waals surface area contributed by atoms with E-state index in [-0.39, 0.29) is 22.9 Å². The molecule has 1 aliphatic rings. The van der Waals surface area contributed by atoms with Crippen molar-refractivity contribution in [2.24, 2.45) is 0 Å². The van der Waals surface area contributed by atoms with E-state index in [1.807, 2.05) is 0 Å². The average molecular weight is 299 g/mol. The first kappa shape index (κ1) is 14.7. The Morgan fingerprint density at radius 1 is 1.45 bits per heavy atom. The van der Waals surface area contributed by atoms with Gasteiger partial charge in [0.15, 0.2) is 0 Å². The first-order valence-electron chi connectivity index (χ1n) is 6.35. The molecular weight excluding hydrogens is 284 g/mol. The Labute approximate surface area is 120 Å². The van der Waals surface area contributed by atoms with Gasteiger partial charge >= 0.3 is 0 Å². The van der Waals surface area contributed by atoms with E-state index in [1.165, 1.54) is 18.2 Å². The molecule has 1 aliphatic carbocycles. The van der Waals surface area contributed by atoms with Gasteiger partial charge in [0.2, 0.25) is 0 Å². The molecule has 0 aliphatic heterocycles. The van der Waals surface area contributed by atoms with E-state index < -0.39 is 16.4 Å². The zero-order valence-electron chi connectivity index (χ0n) is 10.8. The van der Waals surface area contributed by atoms with Crippen molar-refractivity contribution in [3.63, 3.8) is 0 Å². The van der Waals surface area contributed by atoms with Crippen LogP contribution in [0.25, 0.3) is 0 Å². The smallest absolute Gasteiger partial charge is 0.282 e. The fourth-order valence-electron chi connectivity index (χ4n) is 2.53. The van der Waals surface area contributed by atoms with E-state index in [1.54, 1.807) is 0 Å². The molecule has 0 radical (unpaired) electrons. The van der Waals surface area contributed by atoms with Crippen LogP contribution in [-0.2, 0) is 0 Å². The number of carbonyl (C=O) groups is 1. The highest BCUT2D eigenvalue weighted by atomic mass is 35.5. The van der Waals surface area contributed by atoms with E-state index in [9.17, 15) is 20.0 Å². The van der Waals surface area contributed by atoms with Gasteiger partial charge in [-0.1, -0.05) is 24.4 Å². The SMILES string of the molecule is O=C(NC1(CO)CCCC1)c1cc(Cl)ccc1[N+](=O)[O-]. The van der Waals surface area contributed by atoms with Crippen molar-refractivity contribution >= 4 is 23.2 Å². The molecule has 7 heteroatoms. The maximum absolute atomic E-state index is 12.3. The van der Waals surface area contributed by atoms with Crippen LogP contribution in [0.4, 0.5) is 5.69 Å². The minimum atomic E-state index is -0.673. The van der Waals surface area contributed by atoms with Crippen molar-refractivity contribution in [2.45, 2.75) is 31.2 Å². The molecule has 0 unspecified atom stereocenters. The predicted octanol–water partition coefficient (Wildman–Crippen LogP) is 2.28. The van der Waals surface area contributed by atoms with Gasteiger partial charge in [0.05, 0.1) is 17.1 Å². The van der Waals surface area contributed by atoms with Gasteiger partial charge in [-0.05, 0) is 25.0 Å². The number of nitrogens with zero attached hydrogens (tertiary/aromatic N) is 1. The third-order valence-electron chi connectivity index (χ3n) is 3.64. The van der Waals surface area contributed by atoms with Gasteiger partial charge in [0, 0.05) is 11.1 Å². The van der Waals surface area contributed by atoms with Crippen molar-refractivity contribution < 1.29 is 14.8 Å². The molecule has 2 N–H and O–H groups in total. The average Bonchev–Trinajstić information content (AvgIpc) is 2.87. The summed E-state index contributed by atoms with van der Waals surface area (Å²) in [6.07, 6.45) is 3.17. The number of nitro benzene ring substituents is 1. The summed E-state index contributed by atoms with van der Waals surface area (Å²) < 4.78 is 0. The molecule has 1 aromatic carbocycles. The number of amides is 1. The van der Waals surface area contributed by atoms with Crippen LogP contribution in [0.3, 0.4) is 0 Å². The molecule has 0 atom stereocenters. The zero-order valence-corrected chi connectivity index (χ0v) is 11.5. The summed E-state index contributed by atoms with van der Waals surface area (Å²) >= 11 is 5.80. The minimum absolute atomic E-state index is 0.0813. The summed E-state index contributed by atoms with van der Waals surface area (Å²) in [5.41, 5.74) is -1.05. The van der Waals surface area contributed by atoms with Crippen LogP contribution in [0.2, 0.25) is 5.02 Å². The second-order valence-corrected chi connectivity index (χ2v) is 5.45. The molecule has 1 amide bonds. The minimum Gasteiger partial charge on any atom is -0.394 e.